The van der Waals surface area contributed by atoms with Gasteiger partial charge in [-0.1, -0.05) is 5.92 Å². The normalized spacial score (nSPS) is 8.33. The summed E-state index contributed by atoms with van der Waals surface area (Å²) in [5.41, 5.74) is 0. The molecule has 0 aromatic rings. The van der Waals surface area contributed by atoms with Gasteiger partial charge in [-0.05, 0) is 0 Å². The average molecular weight is 179 g/mol. The Kier molecular flexibility index (Phi) is 8.27. The summed E-state index contributed by atoms with van der Waals surface area (Å²) in [5, 5.41) is 0. The molecule has 0 heterocycles. The van der Waals surface area contributed by atoms with Gasteiger partial charge in [-0.15, -0.1) is 12.3 Å². The van der Waals surface area contributed by atoms with E-state index in [9.17, 15) is 13.0 Å². The molecule has 6 heteroatoms. The van der Waals surface area contributed by atoms with Crippen LogP contribution in [0.5, 0.6) is 0 Å². The minimum atomic E-state index is -4.44. The summed E-state index contributed by atoms with van der Waals surface area (Å²) in [7, 11) is -4.44. The van der Waals surface area contributed by atoms with E-state index in [0.717, 1.165) is 0 Å². The molecule has 0 bridgehead atoms. The number of terminal acetylenes is 1. The van der Waals surface area contributed by atoms with Crippen LogP contribution in [-0.2, 0) is 10.3 Å². The second kappa shape index (κ2) is 7.10. The number of hydrogen-bond acceptors (Lipinski definition) is 3. The molecule has 0 radical (unpaired) electrons. The van der Waals surface area contributed by atoms with Crippen LogP contribution >= 0.6 is 0 Å². The molecule has 0 aliphatic carbocycles. The molecule has 0 amide bonds. The molecule has 0 aliphatic heterocycles. The smallest absolute Gasteiger partial charge is 0.731 e. The summed E-state index contributed by atoms with van der Waals surface area (Å²) < 4.78 is 31.0. The van der Waals surface area contributed by atoms with Gasteiger partial charge in [0.15, 0.2) is 10.3 Å². The van der Waals surface area contributed by atoms with Crippen LogP contribution in [0, 0.1) is 24.3 Å². The first-order chi connectivity index (χ1) is 5.06. The molecule has 0 rings (SSSR count). The summed E-state index contributed by atoms with van der Waals surface area (Å²) in [4.78, 5) is 0. The Hall–Kier alpha value is -0.573. The van der Waals surface area contributed by atoms with Crippen molar-refractivity contribution in [2.45, 2.75) is 12.8 Å². The van der Waals surface area contributed by atoms with Crippen LogP contribution in [0.1, 0.15) is 12.8 Å². The molecule has 0 aromatic carbocycles. The van der Waals surface area contributed by atoms with Crippen LogP contribution in [0.2, 0.25) is 0 Å². The quantitative estimate of drug-likeness (QED) is 0.157. The molecule has 0 unspecified atom stereocenters. The summed E-state index contributed by atoms with van der Waals surface area (Å²) in [5.74, 6) is 4.67. The standard InChI is InChI=1S/C6H7NO3S.Li/c1-2-3-4-5-6-7-11(8,9)10;/h1,7H,3-4H2,(H,8,9,10);/q;+1/p-1. The first-order valence-corrected chi connectivity index (χ1v) is 4.11. The first kappa shape index (κ1) is 14.0. The van der Waals surface area contributed by atoms with Gasteiger partial charge in [-0.25, -0.2) is 8.42 Å². The molecule has 0 fully saturated rings. The number of hydrogen-bond donors (Lipinski definition) is 1. The Morgan fingerprint density at radius 1 is 1.42 bits per heavy atom. The maximum Gasteiger partial charge on any atom is 1.00 e. The van der Waals surface area contributed by atoms with Gasteiger partial charge in [0, 0.05) is 18.9 Å². The van der Waals surface area contributed by atoms with E-state index < -0.39 is 10.3 Å². The van der Waals surface area contributed by atoms with E-state index >= 15 is 0 Å². The fourth-order valence-electron chi connectivity index (χ4n) is 0.296. The molecule has 1 N–H and O–H groups in total. The molecule has 0 aliphatic rings. The molecule has 12 heavy (non-hydrogen) atoms. The van der Waals surface area contributed by atoms with Gasteiger partial charge in [0.2, 0.25) is 0 Å². The molecular weight excluding hydrogens is 173 g/mol. The van der Waals surface area contributed by atoms with Crippen molar-refractivity contribution in [2.75, 3.05) is 0 Å². The zero-order valence-electron chi connectivity index (χ0n) is 6.62. The average Bonchev–Trinajstić information content (AvgIpc) is 1.85. The summed E-state index contributed by atoms with van der Waals surface area (Å²) in [6, 6.07) is 1.96. The molecule has 4 nitrogen and oxygen atoms in total. The van der Waals surface area contributed by atoms with E-state index in [1.54, 1.807) is 0 Å². The fraction of sp³-hybridized carbons (Fsp3) is 0.333. The van der Waals surface area contributed by atoms with Crippen LogP contribution in [0.15, 0.2) is 0 Å². The van der Waals surface area contributed by atoms with Crippen molar-refractivity contribution in [2.24, 2.45) is 0 Å². The van der Waals surface area contributed by atoms with Crippen molar-refractivity contribution in [1.29, 1.82) is 0 Å². The summed E-state index contributed by atoms with van der Waals surface area (Å²) >= 11 is 0. The third kappa shape index (κ3) is 12.1. The van der Waals surface area contributed by atoms with E-state index in [1.807, 2.05) is 6.04 Å². The zero-order chi connectivity index (χ0) is 8.74. The third-order valence-corrected chi connectivity index (χ3v) is 1.01. The Morgan fingerprint density at radius 3 is 2.42 bits per heavy atom. The van der Waals surface area contributed by atoms with E-state index in [0.29, 0.717) is 12.8 Å². The molecule has 0 saturated heterocycles. The molecule has 0 saturated carbocycles. The summed E-state index contributed by atoms with van der Waals surface area (Å²) in [6.07, 6.45) is 5.69. The van der Waals surface area contributed by atoms with Gasteiger partial charge >= 0.3 is 18.9 Å². The molecular formula is C6H6LiNO3S. The van der Waals surface area contributed by atoms with Crippen molar-refractivity contribution in [3.63, 3.8) is 0 Å². The topological polar surface area (TPSA) is 69.2 Å². The second-order valence-electron chi connectivity index (χ2n) is 1.56. The van der Waals surface area contributed by atoms with Gasteiger partial charge in [0.05, 0.1) is 0 Å². The minimum Gasteiger partial charge on any atom is -0.731 e. The number of unbranched alkanes of at least 4 members (excludes halogenated alkanes) is 1. The maximum absolute atomic E-state index is 9.85. The second-order valence-corrected chi connectivity index (χ2v) is 2.67. The SMILES string of the molecule is C#CCCC#CNS(=O)(=O)[O-].[Li+]. The van der Waals surface area contributed by atoms with E-state index in [2.05, 4.69) is 11.8 Å². The Morgan fingerprint density at radius 2 is 2.00 bits per heavy atom. The van der Waals surface area contributed by atoms with Crippen LogP contribution in [0.4, 0.5) is 0 Å². The number of rotatable bonds is 2. The summed E-state index contributed by atoms with van der Waals surface area (Å²) in [6.45, 7) is 0. The van der Waals surface area contributed by atoms with Gasteiger partial charge in [0.25, 0.3) is 0 Å². The minimum absolute atomic E-state index is 0. The zero-order valence-corrected chi connectivity index (χ0v) is 7.44. The van der Waals surface area contributed by atoms with Crippen molar-refractivity contribution in [1.82, 2.24) is 4.72 Å². The molecule has 0 atom stereocenters. The van der Waals surface area contributed by atoms with Crippen LogP contribution in [0.25, 0.3) is 0 Å². The van der Waals surface area contributed by atoms with Crippen molar-refractivity contribution in [3.8, 4) is 24.3 Å². The van der Waals surface area contributed by atoms with Crippen LogP contribution in [-0.4, -0.2) is 13.0 Å². The first-order valence-electron chi connectivity index (χ1n) is 2.70. The van der Waals surface area contributed by atoms with Gasteiger partial charge in [0.1, 0.15) is 0 Å². The predicted octanol–water partition coefficient (Wildman–Crippen LogP) is -3.59. The van der Waals surface area contributed by atoms with Crippen molar-refractivity contribution >= 4 is 10.3 Å². The monoisotopic (exact) mass is 179 g/mol. The van der Waals surface area contributed by atoms with Gasteiger partial charge < -0.3 is 4.55 Å². The third-order valence-electron chi connectivity index (χ3n) is 0.659. The Labute approximate surface area is 84.2 Å². The molecule has 0 spiro atoms. The van der Waals surface area contributed by atoms with E-state index in [4.69, 9.17) is 6.42 Å². The van der Waals surface area contributed by atoms with Gasteiger partial charge in [-0.2, -0.15) is 0 Å². The largest absolute Gasteiger partial charge is 1.00 e. The van der Waals surface area contributed by atoms with E-state index in [1.165, 1.54) is 4.72 Å². The van der Waals surface area contributed by atoms with Crippen LogP contribution in [0.3, 0.4) is 0 Å². The predicted molar refractivity (Wildman–Crippen MR) is 38.7 cm³/mol. The Balaban J connectivity index is 0. The number of nitrogens with one attached hydrogen (secondary N) is 1. The van der Waals surface area contributed by atoms with E-state index in [-0.39, 0.29) is 18.9 Å². The fourth-order valence-corrected chi connectivity index (χ4v) is 0.493. The van der Waals surface area contributed by atoms with Crippen molar-refractivity contribution in [3.05, 3.63) is 0 Å². The Bertz CT molecular complexity index is 306. The maximum atomic E-state index is 9.85. The molecule has 0 aromatic heterocycles. The van der Waals surface area contributed by atoms with Gasteiger partial charge in [-0.3, -0.25) is 4.72 Å². The van der Waals surface area contributed by atoms with Crippen LogP contribution < -0.4 is 23.6 Å². The van der Waals surface area contributed by atoms with Crippen molar-refractivity contribution < 1.29 is 31.8 Å². The molecule has 60 valence electrons.